The Morgan fingerprint density at radius 3 is 2.50 bits per heavy atom. The molecule has 3 aromatic rings. The number of hydrogen-bond donors (Lipinski definition) is 3. The number of benzene rings is 2. The van der Waals surface area contributed by atoms with E-state index < -0.39 is 21.7 Å². The summed E-state index contributed by atoms with van der Waals surface area (Å²) in [6.07, 6.45) is 1.45. The highest BCUT2D eigenvalue weighted by atomic mass is 32.2. The van der Waals surface area contributed by atoms with Crippen molar-refractivity contribution in [3.8, 4) is 0 Å². The monoisotopic (exact) mass is 486 g/mol. The summed E-state index contributed by atoms with van der Waals surface area (Å²) in [5, 5.41) is 6.26. The van der Waals surface area contributed by atoms with E-state index in [0.717, 1.165) is 16.5 Å². The lowest BCUT2D eigenvalue weighted by Gasteiger charge is -2.19. The van der Waals surface area contributed by atoms with Gasteiger partial charge in [-0.3, -0.25) is 4.79 Å². The first-order valence-electron chi connectivity index (χ1n) is 10.8. The zero-order valence-electron chi connectivity index (χ0n) is 19.7. The molecule has 0 aliphatic rings. The van der Waals surface area contributed by atoms with Gasteiger partial charge in [-0.15, -0.1) is 0 Å². The Bertz CT molecular complexity index is 1290. The van der Waals surface area contributed by atoms with Crippen LogP contribution in [-0.2, 0) is 33.0 Å². The lowest BCUT2D eigenvalue weighted by molar-refractivity contribution is -0.115. The molecule has 3 rings (SSSR count). The molecule has 1 heterocycles. The van der Waals surface area contributed by atoms with Crippen LogP contribution < -0.4 is 15.4 Å². The van der Waals surface area contributed by atoms with Crippen molar-refractivity contribution in [2.45, 2.75) is 37.7 Å². The number of para-hydroxylation sites is 1. The van der Waals surface area contributed by atoms with Crippen molar-refractivity contribution in [3.63, 3.8) is 0 Å². The van der Waals surface area contributed by atoms with E-state index in [0.29, 0.717) is 5.69 Å². The zero-order valence-corrected chi connectivity index (χ0v) is 20.5. The van der Waals surface area contributed by atoms with Gasteiger partial charge in [-0.1, -0.05) is 24.3 Å². The Kier molecular flexibility index (Phi) is 7.63. The number of hydrogen-bond acceptors (Lipinski definition) is 5. The number of nitrogens with zero attached hydrogens (tertiary/aromatic N) is 1. The standard InChI is InChI=1S/C24H30N4O5S/c1-24(2,3)33-23(30)25-12-13-26-34(31,32)19-9-7-8-18(15-19)27-22(29)14-17-16-28(4)21-11-6-5-10-20(17)21/h5-11,15-16,26H,12-14H2,1-4H3,(H,25,30)(H,27,29). The van der Waals surface area contributed by atoms with Gasteiger partial charge in [0.05, 0.1) is 11.3 Å². The van der Waals surface area contributed by atoms with Gasteiger partial charge in [0.2, 0.25) is 15.9 Å². The second-order valence-electron chi connectivity index (χ2n) is 8.86. The maximum Gasteiger partial charge on any atom is 0.407 e. The van der Waals surface area contributed by atoms with E-state index in [2.05, 4.69) is 15.4 Å². The number of carbonyl (C=O) groups is 2. The van der Waals surface area contributed by atoms with Crippen LogP contribution in [0, 0.1) is 0 Å². The molecule has 0 unspecified atom stereocenters. The van der Waals surface area contributed by atoms with Crippen molar-refractivity contribution in [2.24, 2.45) is 7.05 Å². The molecule has 1 aromatic heterocycles. The molecular weight excluding hydrogens is 456 g/mol. The SMILES string of the molecule is Cn1cc(CC(=O)Nc2cccc(S(=O)(=O)NCCNC(=O)OC(C)(C)C)c2)c2ccccc21. The van der Waals surface area contributed by atoms with Crippen LogP contribution in [0.25, 0.3) is 10.9 Å². The number of aromatic nitrogens is 1. The predicted molar refractivity (Wildman–Crippen MR) is 131 cm³/mol. The summed E-state index contributed by atoms with van der Waals surface area (Å²) in [4.78, 5) is 24.3. The molecule has 9 nitrogen and oxygen atoms in total. The number of amides is 2. The molecule has 2 aromatic carbocycles. The Labute approximate surface area is 199 Å². The summed E-state index contributed by atoms with van der Waals surface area (Å²) in [6.45, 7) is 5.27. The van der Waals surface area contributed by atoms with E-state index in [1.54, 1.807) is 32.9 Å². The number of nitrogens with one attached hydrogen (secondary N) is 3. The Hall–Kier alpha value is -3.37. The molecule has 34 heavy (non-hydrogen) atoms. The fraction of sp³-hybridized carbons (Fsp3) is 0.333. The van der Waals surface area contributed by atoms with Crippen LogP contribution in [0.2, 0.25) is 0 Å². The number of rotatable bonds is 8. The van der Waals surface area contributed by atoms with Crippen LogP contribution in [0.4, 0.5) is 10.5 Å². The van der Waals surface area contributed by atoms with Gasteiger partial charge in [0.1, 0.15) is 5.60 Å². The predicted octanol–water partition coefficient (Wildman–Crippen LogP) is 3.16. The van der Waals surface area contributed by atoms with E-state index in [4.69, 9.17) is 4.74 Å². The highest BCUT2D eigenvalue weighted by Gasteiger charge is 2.18. The van der Waals surface area contributed by atoms with Gasteiger partial charge < -0.3 is 19.9 Å². The summed E-state index contributed by atoms with van der Waals surface area (Å²) in [7, 11) is -1.91. The van der Waals surface area contributed by atoms with Crippen molar-refractivity contribution in [1.29, 1.82) is 0 Å². The minimum Gasteiger partial charge on any atom is -0.444 e. The fourth-order valence-corrected chi connectivity index (χ4v) is 4.51. The Morgan fingerprint density at radius 1 is 1.03 bits per heavy atom. The third-order valence-electron chi connectivity index (χ3n) is 4.84. The molecule has 3 N–H and O–H groups in total. The quantitative estimate of drug-likeness (QED) is 0.423. The van der Waals surface area contributed by atoms with E-state index in [9.17, 15) is 18.0 Å². The number of fused-ring (bicyclic) bond motifs is 1. The highest BCUT2D eigenvalue weighted by Crippen LogP contribution is 2.21. The molecule has 10 heteroatoms. The van der Waals surface area contributed by atoms with Gasteiger partial charge in [0.15, 0.2) is 0 Å². The van der Waals surface area contributed by atoms with Gasteiger partial charge in [0.25, 0.3) is 0 Å². The van der Waals surface area contributed by atoms with Crippen LogP contribution in [-0.4, -0.2) is 43.7 Å². The number of aryl methyl sites for hydroxylation is 1. The van der Waals surface area contributed by atoms with Gasteiger partial charge in [-0.25, -0.2) is 17.9 Å². The van der Waals surface area contributed by atoms with Crippen molar-refractivity contribution < 1.29 is 22.7 Å². The average Bonchev–Trinajstić information content (AvgIpc) is 3.06. The first-order chi connectivity index (χ1) is 15.9. The Morgan fingerprint density at radius 2 is 1.76 bits per heavy atom. The van der Waals surface area contributed by atoms with Crippen molar-refractivity contribution in [2.75, 3.05) is 18.4 Å². The summed E-state index contributed by atoms with van der Waals surface area (Å²) in [5.41, 5.74) is 1.66. The molecule has 0 saturated carbocycles. The third kappa shape index (κ3) is 6.82. The molecule has 0 aliphatic heterocycles. The van der Waals surface area contributed by atoms with Crippen LogP contribution in [0.3, 0.4) is 0 Å². The van der Waals surface area contributed by atoms with Gasteiger partial charge in [-0.2, -0.15) is 0 Å². The van der Waals surface area contributed by atoms with Gasteiger partial charge >= 0.3 is 6.09 Å². The molecule has 0 radical (unpaired) electrons. The first kappa shape index (κ1) is 25.3. The normalized spacial score (nSPS) is 11.9. The minimum absolute atomic E-state index is 0.00716. The number of ether oxygens (including phenoxy) is 1. The molecule has 0 saturated heterocycles. The molecule has 0 fully saturated rings. The highest BCUT2D eigenvalue weighted by molar-refractivity contribution is 7.89. The molecule has 2 amide bonds. The van der Waals surface area contributed by atoms with Gasteiger partial charge in [-0.05, 0) is 50.6 Å². The van der Waals surface area contributed by atoms with E-state index in [1.807, 2.05) is 42.1 Å². The Balaban J connectivity index is 1.58. The average molecular weight is 487 g/mol. The van der Waals surface area contributed by atoms with Crippen LogP contribution >= 0.6 is 0 Å². The summed E-state index contributed by atoms with van der Waals surface area (Å²) >= 11 is 0. The summed E-state index contributed by atoms with van der Waals surface area (Å²) in [6, 6.07) is 13.8. The molecule has 0 aliphatic carbocycles. The zero-order chi connectivity index (χ0) is 24.9. The van der Waals surface area contributed by atoms with Crippen LogP contribution in [0.1, 0.15) is 26.3 Å². The smallest absolute Gasteiger partial charge is 0.407 e. The molecule has 182 valence electrons. The molecular formula is C24H30N4O5S. The number of alkyl carbamates (subject to hydrolysis) is 1. The fourth-order valence-electron chi connectivity index (χ4n) is 3.43. The second-order valence-corrected chi connectivity index (χ2v) is 10.6. The topological polar surface area (TPSA) is 119 Å². The molecule has 0 spiro atoms. The summed E-state index contributed by atoms with van der Waals surface area (Å²) in [5.74, 6) is -0.250. The van der Waals surface area contributed by atoms with Gasteiger partial charge in [0, 0.05) is 42.9 Å². The van der Waals surface area contributed by atoms with Crippen LogP contribution in [0.15, 0.2) is 59.6 Å². The lowest BCUT2D eigenvalue weighted by Crippen LogP contribution is -2.37. The minimum atomic E-state index is -3.83. The lowest BCUT2D eigenvalue weighted by atomic mass is 10.1. The maximum atomic E-state index is 12.6. The summed E-state index contributed by atoms with van der Waals surface area (Å²) < 4.78 is 34.7. The van der Waals surface area contributed by atoms with Crippen molar-refractivity contribution >= 4 is 38.6 Å². The molecule has 0 bridgehead atoms. The number of sulfonamides is 1. The number of carbonyl (C=O) groups excluding carboxylic acids is 2. The van der Waals surface area contributed by atoms with Crippen molar-refractivity contribution in [3.05, 3.63) is 60.3 Å². The van der Waals surface area contributed by atoms with Crippen LogP contribution in [0.5, 0.6) is 0 Å². The third-order valence-corrected chi connectivity index (χ3v) is 6.30. The van der Waals surface area contributed by atoms with E-state index in [-0.39, 0.29) is 30.3 Å². The number of anilines is 1. The maximum absolute atomic E-state index is 12.6. The van der Waals surface area contributed by atoms with E-state index >= 15 is 0 Å². The first-order valence-corrected chi connectivity index (χ1v) is 12.3. The largest absolute Gasteiger partial charge is 0.444 e. The van der Waals surface area contributed by atoms with E-state index in [1.165, 1.54) is 12.1 Å². The second kappa shape index (κ2) is 10.3. The molecule has 0 atom stereocenters. The van der Waals surface area contributed by atoms with Crippen molar-refractivity contribution in [1.82, 2.24) is 14.6 Å².